The Balaban J connectivity index is 3.67. The third-order valence-electron chi connectivity index (χ3n) is 2.87. The normalized spacial score (nSPS) is 14.4. The lowest BCUT2D eigenvalue weighted by Gasteiger charge is -2.18. The van der Waals surface area contributed by atoms with E-state index in [9.17, 15) is 4.79 Å². The average molecular weight is 212 g/mol. The van der Waals surface area contributed by atoms with Gasteiger partial charge in [-0.15, -0.1) is 0 Å². The summed E-state index contributed by atoms with van der Waals surface area (Å²) in [7, 11) is 0. The number of carbonyl (C=O) groups is 1. The van der Waals surface area contributed by atoms with Crippen molar-refractivity contribution in [2.45, 2.75) is 47.0 Å². The fourth-order valence-electron chi connectivity index (χ4n) is 1.49. The van der Waals surface area contributed by atoms with Crippen LogP contribution in [0.2, 0.25) is 0 Å². The molecule has 0 aromatic rings. The molecule has 0 bridgehead atoms. The van der Waals surface area contributed by atoms with Crippen molar-refractivity contribution in [3.05, 3.63) is 12.2 Å². The van der Waals surface area contributed by atoms with Crippen LogP contribution < -0.4 is 0 Å². The van der Waals surface area contributed by atoms with Crippen molar-refractivity contribution in [3.8, 4) is 0 Å². The molecule has 0 aliphatic heterocycles. The number of hydrogen-bond donors (Lipinski definition) is 0. The molecule has 2 atom stereocenters. The van der Waals surface area contributed by atoms with Crippen molar-refractivity contribution in [1.82, 2.24) is 0 Å². The van der Waals surface area contributed by atoms with Crippen molar-refractivity contribution in [2.75, 3.05) is 6.61 Å². The van der Waals surface area contributed by atoms with Crippen molar-refractivity contribution >= 4 is 5.97 Å². The second-order valence-corrected chi connectivity index (χ2v) is 4.45. The third-order valence-corrected chi connectivity index (χ3v) is 2.87. The Morgan fingerprint density at radius 2 is 1.80 bits per heavy atom. The highest BCUT2D eigenvalue weighted by Crippen LogP contribution is 2.19. The predicted molar refractivity (Wildman–Crippen MR) is 63.6 cm³/mol. The van der Waals surface area contributed by atoms with Gasteiger partial charge in [0.1, 0.15) is 0 Å². The van der Waals surface area contributed by atoms with E-state index in [1.165, 1.54) is 12.8 Å². The van der Waals surface area contributed by atoms with E-state index in [4.69, 9.17) is 4.74 Å². The van der Waals surface area contributed by atoms with Crippen molar-refractivity contribution in [3.63, 3.8) is 0 Å². The van der Waals surface area contributed by atoms with Gasteiger partial charge in [0.15, 0.2) is 0 Å². The van der Waals surface area contributed by atoms with E-state index < -0.39 is 0 Å². The molecule has 2 unspecified atom stereocenters. The first-order chi connectivity index (χ1) is 6.99. The van der Waals surface area contributed by atoms with Gasteiger partial charge in [-0.25, -0.2) is 4.79 Å². The van der Waals surface area contributed by atoms with E-state index in [1.807, 2.05) is 0 Å². The van der Waals surface area contributed by atoms with Crippen molar-refractivity contribution in [1.29, 1.82) is 0 Å². The summed E-state index contributed by atoms with van der Waals surface area (Å²) in [5.41, 5.74) is 0.476. The van der Waals surface area contributed by atoms with E-state index in [-0.39, 0.29) is 5.97 Å². The van der Waals surface area contributed by atoms with Crippen LogP contribution in [0.4, 0.5) is 0 Å². The molecule has 2 nitrogen and oxygen atoms in total. The summed E-state index contributed by atoms with van der Waals surface area (Å²) >= 11 is 0. The smallest absolute Gasteiger partial charge is 0.333 e. The molecular formula is C13H24O2. The lowest BCUT2D eigenvalue weighted by atomic mass is 9.90. The van der Waals surface area contributed by atoms with E-state index in [1.54, 1.807) is 6.92 Å². The number of ether oxygens (including phenoxy) is 1. The maximum Gasteiger partial charge on any atom is 0.333 e. The predicted octanol–water partition coefficient (Wildman–Crippen LogP) is 3.57. The quantitative estimate of drug-likeness (QED) is 0.476. The molecule has 0 aliphatic rings. The van der Waals surface area contributed by atoms with Gasteiger partial charge in [0, 0.05) is 5.57 Å². The summed E-state index contributed by atoms with van der Waals surface area (Å²) in [6, 6.07) is 0. The van der Waals surface area contributed by atoms with Crippen molar-refractivity contribution in [2.24, 2.45) is 11.8 Å². The average Bonchev–Trinajstić information content (AvgIpc) is 2.17. The maximum absolute atomic E-state index is 11.1. The molecular weight excluding hydrogens is 188 g/mol. The minimum atomic E-state index is -0.273. The van der Waals surface area contributed by atoms with Crippen LogP contribution in [0.1, 0.15) is 47.0 Å². The zero-order valence-electron chi connectivity index (χ0n) is 10.5. The molecule has 0 N–H and O–H groups in total. The summed E-state index contributed by atoms with van der Waals surface area (Å²) in [4.78, 5) is 11.1. The molecule has 0 rings (SSSR count). The molecule has 15 heavy (non-hydrogen) atoms. The number of esters is 1. The molecule has 0 radical (unpaired) electrons. The molecule has 0 heterocycles. The first-order valence-corrected chi connectivity index (χ1v) is 5.81. The topological polar surface area (TPSA) is 26.3 Å². The van der Waals surface area contributed by atoms with E-state index >= 15 is 0 Å². The van der Waals surface area contributed by atoms with Crippen LogP contribution >= 0.6 is 0 Å². The minimum absolute atomic E-state index is 0.273. The zero-order chi connectivity index (χ0) is 11.8. The van der Waals surface area contributed by atoms with Gasteiger partial charge in [0.2, 0.25) is 0 Å². The Labute approximate surface area is 93.7 Å². The standard InChI is InChI=1S/C13H24O2/c1-6-7-11(4)12(5)8-9-15-13(14)10(2)3/h11-12H,2,6-9H2,1,3-5H3. The summed E-state index contributed by atoms with van der Waals surface area (Å²) in [6.07, 6.45) is 3.41. The van der Waals surface area contributed by atoms with Gasteiger partial charge >= 0.3 is 5.97 Å². The molecule has 0 saturated carbocycles. The minimum Gasteiger partial charge on any atom is -0.462 e. The first kappa shape index (κ1) is 14.2. The molecule has 0 amide bonds. The molecule has 0 spiro atoms. The first-order valence-electron chi connectivity index (χ1n) is 5.81. The van der Waals surface area contributed by atoms with E-state index in [0.717, 1.165) is 6.42 Å². The molecule has 0 saturated heterocycles. The van der Waals surface area contributed by atoms with Gasteiger partial charge < -0.3 is 4.74 Å². The highest BCUT2D eigenvalue weighted by molar-refractivity contribution is 5.86. The van der Waals surface area contributed by atoms with Crippen LogP contribution in [0.25, 0.3) is 0 Å². The molecule has 0 fully saturated rings. The van der Waals surface area contributed by atoms with Gasteiger partial charge in [-0.3, -0.25) is 0 Å². The van der Waals surface area contributed by atoms with Crippen molar-refractivity contribution < 1.29 is 9.53 Å². The summed E-state index contributed by atoms with van der Waals surface area (Å²) in [6.45, 7) is 12.4. The Morgan fingerprint density at radius 3 is 2.27 bits per heavy atom. The second-order valence-electron chi connectivity index (χ2n) is 4.45. The van der Waals surface area contributed by atoms with Crippen LogP contribution in [0.3, 0.4) is 0 Å². The van der Waals surface area contributed by atoms with E-state index in [2.05, 4.69) is 27.4 Å². The largest absolute Gasteiger partial charge is 0.462 e. The third kappa shape index (κ3) is 6.32. The summed E-state index contributed by atoms with van der Waals surface area (Å²) in [5.74, 6) is 1.05. The van der Waals surface area contributed by atoms with Gasteiger partial charge in [-0.05, 0) is 25.2 Å². The SMILES string of the molecule is C=C(C)C(=O)OCCC(C)C(C)CCC. The van der Waals surface area contributed by atoms with Crippen LogP contribution in [0.5, 0.6) is 0 Å². The van der Waals surface area contributed by atoms with Crippen LogP contribution in [0.15, 0.2) is 12.2 Å². The second kappa shape index (κ2) is 7.49. The van der Waals surface area contributed by atoms with Gasteiger partial charge in [0.05, 0.1) is 6.61 Å². The molecule has 0 aromatic carbocycles. The number of rotatable bonds is 7. The Morgan fingerprint density at radius 1 is 1.27 bits per heavy atom. The summed E-state index contributed by atoms with van der Waals surface area (Å²) in [5, 5.41) is 0. The fraction of sp³-hybridized carbons (Fsp3) is 0.769. The van der Waals surface area contributed by atoms with Gasteiger partial charge in [0.25, 0.3) is 0 Å². The maximum atomic E-state index is 11.1. The number of hydrogen-bond acceptors (Lipinski definition) is 2. The molecule has 88 valence electrons. The fourth-order valence-corrected chi connectivity index (χ4v) is 1.49. The summed E-state index contributed by atoms with van der Waals surface area (Å²) < 4.78 is 5.06. The van der Waals surface area contributed by atoms with E-state index in [0.29, 0.717) is 24.0 Å². The zero-order valence-corrected chi connectivity index (χ0v) is 10.5. The molecule has 0 aliphatic carbocycles. The van der Waals surface area contributed by atoms with Crippen LogP contribution in [-0.4, -0.2) is 12.6 Å². The van der Waals surface area contributed by atoms with Crippen LogP contribution in [-0.2, 0) is 9.53 Å². The Kier molecular flexibility index (Phi) is 7.10. The highest BCUT2D eigenvalue weighted by Gasteiger charge is 2.12. The Bertz CT molecular complexity index is 209. The monoisotopic (exact) mass is 212 g/mol. The van der Waals surface area contributed by atoms with Gasteiger partial charge in [-0.2, -0.15) is 0 Å². The van der Waals surface area contributed by atoms with Gasteiger partial charge in [-0.1, -0.05) is 40.2 Å². The van der Waals surface area contributed by atoms with Crippen LogP contribution in [0, 0.1) is 11.8 Å². The lowest BCUT2D eigenvalue weighted by Crippen LogP contribution is -2.13. The Hall–Kier alpha value is -0.790. The lowest BCUT2D eigenvalue weighted by molar-refractivity contribution is -0.139. The molecule has 2 heteroatoms. The highest BCUT2D eigenvalue weighted by atomic mass is 16.5. The molecule has 0 aromatic heterocycles. The number of carbonyl (C=O) groups excluding carboxylic acids is 1.